The zero-order chi connectivity index (χ0) is 29.4. The maximum Gasteiger partial charge on any atom is 0.614 e. The van der Waals surface area contributed by atoms with Crippen LogP contribution in [0.4, 0.5) is 0 Å². The van der Waals surface area contributed by atoms with Gasteiger partial charge in [-0.2, -0.15) is 0 Å². The van der Waals surface area contributed by atoms with Crippen LogP contribution in [0.3, 0.4) is 0 Å². The van der Waals surface area contributed by atoms with Crippen LogP contribution in [-0.2, 0) is 8.85 Å². The Labute approximate surface area is 253 Å². The van der Waals surface area contributed by atoms with Crippen molar-refractivity contribution in [3.8, 4) is 44.5 Å². The standard InChI is InChI=1S/C38H26O4Si/c39-37(35-23-31(27-13-5-1-6-14-27)21-32(24-35)28-15-7-2-8-16-28)41-43-42-38(40)36-25-33(29-17-9-3-10-18-29)22-34(26-36)30-19-11-4-12-20-30/h1-26H. The van der Waals surface area contributed by atoms with Crippen molar-refractivity contribution in [3.63, 3.8) is 0 Å². The van der Waals surface area contributed by atoms with Crippen molar-refractivity contribution in [2.45, 2.75) is 0 Å². The van der Waals surface area contributed by atoms with Crippen LogP contribution in [-0.4, -0.2) is 21.9 Å². The van der Waals surface area contributed by atoms with Crippen LogP contribution in [0.2, 0.25) is 0 Å². The third-order valence-corrected chi connectivity index (χ3v) is 7.57. The first-order valence-electron chi connectivity index (χ1n) is 13.8. The smallest absolute Gasteiger partial charge is 0.477 e. The molecule has 2 radical (unpaired) electrons. The molecule has 206 valence electrons. The summed E-state index contributed by atoms with van der Waals surface area (Å²) in [4.78, 5) is 26.4. The predicted octanol–water partition coefficient (Wildman–Crippen LogP) is 8.90. The normalized spacial score (nSPS) is 10.6. The molecule has 4 nitrogen and oxygen atoms in total. The fourth-order valence-electron chi connectivity index (χ4n) is 4.89. The lowest BCUT2D eigenvalue weighted by Crippen LogP contribution is -2.16. The lowest BCUT2D eigenvalue weighted by molar-refractivity contribution is 0.0632. The fourth-order valence-corrected chi connectivity index (χ4v) is 5.32. The lowest BCUT2D eigenvalue weighted by Gasteiger charge is -2.12. The molecule has 0 atom stereocenters. The molecule has 0 N–H and O–H groups in total. The summed E-state index contributed by atoms with van der Waals surface area (Å²) in [7, 11) is -0.802. The van der Waals surface area contributed by atoms with E-state index in [1.54, 1.807) is 24.3 Å². The van der Waals surface area contributed by atoms with E-state index in [0.717, 1.165) is 44.5 Å². The van der Waals surface area contributed by atoms with Crippen molar-refractivity contribution >= 4 is 21.9 Å². The number of benzene rings is 6. The van der Waals surface area contributed by atoms with Crippen molar-refractivity contribution in [2.24, 2.45) is 0 Å². The topological polar surface area (TPSA) is 52.6 Å². The maximum absolute atomic E-state index is 13.2. The van der Waals surface area contributed by atoms with E-state index in [2.05, 4.69) is 0 Å². The Morgan fingerprint density at radius 1 is 0.349 bits per heavy atom. The molecule has 0 unspecified atom stereocenters. The van der Waals surface area contributed by atoms with E-state index in [0.29, 0.717) is 11.1 Å². The third kappa shape index (κ3) is 6.69. The molecule has 43 heavy (non-hydrogen) atoms. The number of carbonyl (C=O) groups excluding carboxylic acids is 2. The Kier molecular flexibility index (Phi) is 8.34. The van der Waals surface area contributed by atoms with Crippen molar-refractivity contribution in [1.29, 1.82) is 0 Å². The van der Waals surface area contributed by atoms with E-state index >= 15 is 0 Å². The van der Waals surface area contributed by atoms with Crippen molar-refractivity contribution in [2.75, 3.05) is 0 Å². The van der Waals surface area contributed by atoms with E-state index < -0.39 is 21.9 Å². The van der Waals surface area contributed by atoms with Gasteiger partial charge in [-0.05, 0) is 80.9 Å². The summed E-state index contributed by atoms with van der Waals surface area (Å²) < 4.78 is 11.0. The molecule has 0 amide bonds. The Morgan fingerprint density at radius 3 is 0.860 bits per heavy atom. The van der Waals surface area contributed by atoms with Gasteiger partial charge in [0, 0.05) is 0 Å². The van der Waals surface area contributed by atoms with Gasteiger partial charge in [0.2, 0.25) is 0 Å². The zero-order valence-corrected chi connectivity index (χ0v) is 24.1. The number of hydrogen-bond acceptors (Lipinski definition) is 4. The van der Waals surface area contributed by atoms with E-state index in [-0.39, 0.29) is 0 Å². The molecule has 0 aliphatic rings. The van der Waals surface area contributed by atoms with Gasteiger partial charge in [0.25, 0.3) is 0 Å². The molecule has 6 aromatic rings. The summed E-state index contributed by atoms with van der Waals surface area (Å²) in [6, 6.07) is 50.7. The van der Waals surface area contributed by atoms with E-state index in [4.69, 9.17) is 8.85 Å². The summed E-state index contributed by atoms with van der Waals surface area (Å²) in [6.45, 7) is 0. The monoisotopic (exact) mass is 574 g/mol. The van der Waals surface area contributed by atoms with Gasteiger partial charge in [0.15, 0.2) is 0 Å². The molecule has 6 aromatic carbocycles. The number of hydrogen-bond donors (Lipinski definition) is 0. The Balaban J connectivity index is 1.22. The van der Waals surface area contributed by atoms with Crippen LogP contribution in [0.25, 0.3) is 44.5 Å². The second-order valence-electron chi connectivity index (χ2n) is 9.92. The van der Waals surface area contributed by atoms with Gasteiger partial charge in [-0.3, -0.25) is 0 Å². The minimum absolute atomic E-state index is 0.376. The predicted molar refractivity (Wildman–Crippen MR) is 171 cm³/mol. The summed E-state index contributed by atoms with van der Waals surface area (Å²) in [5, 5.41) is 0. The second kappa shape index (κ2) is 13.0. The molecule has 0 spiro atoms. The van der Waals surface area contributed by atoms with Crippen molar-refractivity contribution in [1.82, 2.24) is 0 Å². The highest BCUT2D eigenvalue weighted by atomic mass is 28.3. The summed E-state index contributed by atoms with van der Waals surface area (Å²) >= 11 is 0. The van der Waals surface area contributed by atoms with Crippen LogP contribution in [0.15, 0.2) is 158 Å². The average molecular weight is 575 g/mol. The number of carbonyl (C=O) groups is 2. The first-order chi connectivity index (χ1) is 21.1. The van der Waals surface area contributed by atoms with Gasteiger partial charge < -0.3 is 8.85 Å². The first kappa shape index (κ1) is 27.6. The van der Waals surface area contributed by atoms with Gasteiger partial charge in [-0.1, -0.05) is 121 Å². The molecule has 0 heterocycles. The van der Waals surface area contributed by atoms with Gasteiger partial charge in [0.1, 0.15) is 0 Å². The summed E-state index contributed by atoms with van der Waals surface area (Å²) in [5.41, 5.74) is 8.24. The van der Waals surface area contributed by atoms with Gasteiger partial charge in [0.05, 0.1) is 11.1 Å². The molecule has 0 bridgehead atoms. The van der Waals surface area contributed by atoms with Crippen LogP contribution in [0.5, 0.6) is 0 Å². The minimum atomic E-state index is -0.802. The number of rotatable bonds is 8. The highest BCUT2D eigenvalue weighted by molar-refractivity contribution is 6.28. The third-order valence-electron chi connectivity index (χ3n) is 7.03. The van der Waals surface area contributed by atoms with Crippen LogP contribution >= 0.6 is 0 Å². The van der Waals surface area contributed by atoms with Crippen molar-refractivity contribution < 1.29 is 18.4 Å². The quantitative estimate of drug-likeness (QED) is 0.170. The molecule has 0 aliphatic heterocycles. The molecule has 0 aromatic heterocycles. The van der Waals surface area contributed by atoms with E-state index in [9.17, 15) is 9.59 Å². The zero-order valence-electron chi connectivity index (χ0n) is 23.1. The van der Waals surface area contributed by atoms with Crippen LogP contribution < -0.4 is 0 Å². The maximum atomic E-state index is 13.2. The summed E-state index contributed by atoms with van der Waals surface area (Å²) in [5.74, 6) is -1.13. The van der Waals surface area contributed by atoms with Gasteiger partial charge in [-0.25, -0.2) is 9.59 Å². The molecule has 0 aliphatic carbocycles. The molecule has 6 rings (SSSR count). The van der Waals surface area contributed by atoms with E-state index in [1.807, 2.05) is 133 Å². The molecule has 5 heteroatoms. The first-order valence-corrected chi connectivity index (χ1v) is 14.6. The van der Waals surface area contributed by atoms with Crippen molar-refractivity contribution in [3.05, 3.63) is 169 Å². The Bertz CT molecular complexity index is 1600. The van der Waals surface area contributed by atoms with Gasteiger partial charge in [-0.15, -0.1) is 0 Å². The van der Waals surface area contributed by atoms with Crippen LogP contribution in [0, 0.1) is 0 Å². The molecular formula is C38H26O4Si. The molecule has 0 fully saturated rings. The SMILES string of the molecule is O=C(O[Si]OC(=O)c1cc(-c2ccccc2)cc(-c2ccccc2)c1)c1cc(-c2ccccc2)cc(-c2ccccc2)c1. The van der Waals surface area contributed by atoms with Crippen LogP contribution in [0.1, 0.15) is 20.7 Å². The highest BCUT2D eigenvalue weighted by Crippen LogP contribution is 2.30. The molecular weight excluding hydrogens is 549 g/mol. The molecule has 0 saturated carbocycles. The lowest BCUT2D eigenvalue weighted by atomic mass is 9.96. The minimum Gasteiger partial charge on any atom is -0.477 e. The largest absolute Gasteiger partial charge is 0.614 e. The summed E-state index contributed by atoms with van der Waals surface area (Å²) in [6.07, 6.45) is 0. The van der Waals surface area contributed by atoms with E-state index in [1.165, 1.54) is 0 Å². The average Bonchev–Trinajstić information content (AvgIpc) is 3.09. The highest BCUT2D eigenvalue weighted by Gasteiger charge is 2.18. The van der Waals surface area contributed by atoms with Gasteiger partial charge >= 0.3 is 21.9 Å². The Morgan fingerprint density at radius 2 is 0.605 bits per heavy atom. The Hall–Kier alpha value is -5.52. The second-order valence-corrected chi connectivity index (χ2v) is 10.5. The molecule has 0 saturated heterocycles. The fraction of sp³-hybridized carbons (Fsp3) is 0.